The third-order valence-electron chi connectivity index (χ3n) is 4.64. The number of hydrogen-bond donors (Lipinski definition) is 1. The van der Waals surface area contributed by atoms with Gasteiger partial charge in [-0.1, -0.05) is 0 Å². The van der Waals surface area contributed by atoms with Crippen LogP contribution in [0.5, 0.6) is 0 Å². The SMILES string of the molecule is CCOC(=O)c1c(NC(=O)c2cc(C)n(C)n2)sc2c1CCN(C(=O)OCC)C2. The van der Waals surface area contributed by atoms with Gasteiger partial charge in [-0.3, -0.25) is 9.48 Å². The number of nitrogens with one attached hydrogen (secondary N) is 1. The van der Waals surface area contributed by atoms with Crippen LogP contribution in [0.25, 0.3) is 0 Å². The van der Waals surface area contributed by atoms with Crippen LogP contribution in [0.2, 0.25) is 0 Å². The molecule has 0 saturated heterocycles. The predicted octanol–water partition coefficient (Wildman–Crippen LogP) is 2.73. The van der Waals surface area contributed by atoms with E-state index >= 15 is 0 Å². The third-order valence-corrected chi connectivity index (χ3v) is 5.77. The van der Waals surface area contributed by atoms with Crippen LogP contribution in [-0.4, -0.2) is 52.4 Å². The first-order valence-corrected chi connectivity index (χ1v) is 10.2. The summed E-state index contributed by atoms with van der Waals surface area (Å²) in [5.41, 5.74) is 2.27. The monoisotopic (exact) mass is 420 g/mol. The van der Waals surface area contributed by atoms with Crippen molar-refractivity contribution in [1.29, 1.82) is 0 Å². The molecule has 10 heteroatoms. The van der Waals surface area contributed by atoms with E-state index in [0.717, 1.165) is 16.1 Å². The maximum Gasteiger partial charge on any atom is 0.410 e. The summed E-state index contributed by atoms with van der Waals surface area (Å²) < 4.78 is 11.9. The van der Waals surface area contributed by atoms with Crippen molar-refractivity contribution >= 4 is 34.3 Å². The van der Waals surface area contributed by atoms with Gasteiger partial charge in [-0.05, 0) is 38.8 Å². The zero-order chi connectivity index (χ0) is 21.1. The van der Waals surface area contributed by atoms with Crippen molar-refractivity contribution < 1.29 is 23.9 Å². The summed E-state index contributed by atoms with van der Waals surface area (Å²) >= 11 is 1.27. The molecule has 0 spiro atoms. The minimum atomic E-state index is -0.484. The largest absolute Gasteiger partial charge is 0.462 e. The summed E-state index contributed by atoms with van der Waals surface area (Å²) in [4.78, 5) is 39.8. The second-order valence-electron chi connectivity index (χ2n) is 6.55. The van der Waals surface area contributed by atoms with Gasteiger partial charge in [0.25, 0.3) is 5.91 Å². The van der Waals surface area contributed by atoms with Gasteiger partial charge in [0, 0.05) is 24.2 Å². The summed E-state index contributed by atoms with van der Waals surface area (Å²) in [5, 5.41) is 7.39. The minimum Gasteiger partial charge on any atom is -0.462 e. The Bertz CT molecular complexity index is 929. The summed E-state index contributed by atoms with van der Waals surface area (Å²) in [7, 11) is 1.75. The van der Waals surface area contributed by atoms with Crippen molar-refractivity contribution in [3.05, 3.63) is 33.5 Å². The predicted molar refractivity (Wildman–Crippen MR) is 107 cm³/mol. The van der Waals surface area contributed by atoms with Crippen molar-refractivity contribution in [2.24, 2.45) is 7.05 Å². The van der Waals surface area contributed by atoms with Gasteiger partial charge in [0.2, 0.25) is 0 Å². The van der Waals surface area contributed by atoms with Crippen molar-refractivity contribution in [2.75, 3.05) is 25.1 Å². The Balaban J connectivity index is 1.91. The lowest BCUT2D eigenvalue weighted by Gasteiger charge is -2.26. The molecule has 1 N–H and O–H groups in total. The molecule has 29 heavy (non-hydrogen) atoms. The van der Waals surface area contributed by atoms with Crippen LogP contribution in [0.1, 0.15) is 50.8 Å². The molecule has 156 valence electrons. The molecule has 0 saturated carbocycles. The number of thiophene rings is 1. The van der Waals surface area contributed by atoms with Crippen molar-refractivity contribution in [1.82, 2.24) is 14.7 Å². The molecule has 0 aromatic carbocycles. The Morgan fingerprint density at radius 1 is 1.24 bits per heavy atom. The van der Waals surface area contributed by atoms with Gasteiger partial charge < -0.3 is 19.7 Å². The zero-order valence-electron chi connectivity index (χ0n) is 16.9. The fourth-order valence-electron chi connectivity index (χ4n) is 3.12. The Morgan fingerprint density at radius 3 is 2.59 bits per heavy atom. The Labute approximate surface area is 172 Å². The highest BCUT2D eigenvalue weighted by atomic mass is 32.1. The summed E-state index contributed by atoms with van der Waals surface area (Å²) in [5.74, 6) is -0.887. The van der Waals surface area contributed by atoms with Crippen LogP contribution >= 0.6 is 11.3 Å². The Hall–Kier alpha value is -2.88. The molecule has 9 nitrogen and oxygen atoms in total. The van der Waals surface area contributed by atoms with Gasteiger partial charge in [-0.15, -0.1) is 11.3 Å². The van der Waals surface area contributed by atoms with Crippen LogP contribution in [-0.2, 0) is 29.5 Å². The number of rotatable bonds is 5. The molecule has 0 aliphatic carbocycles. The van der Waals surface area contributed by atoms with Crippen LogP contribution < -0.4 is 5.32 Å². The van der Waals surface area contributed by atoms with E-state index in [9.17, 15) is 14.4 Å². The molecular formula is C19H24N4O5S. The summed E-state index contributed by atoms with van der Waals surface area (Å²) in [6.07, 6.45) is 0.0935. The summed E-state index contributed by atoms with van der Waals surface area (Å²) in [6, 6.07) is 1.68. The number of aromatic nitrogens is 2. The number of nitrogens with zero attached hydrogens (tertiary/aromatic N) is 3. The van der Waals surface area contributed by atoms with Crippen LogP contribution in [0.15, 0.2) is 6.07 Å². The number of hydrogen-bond acceptors (Lipinski definition) is 7. The Morgan fingerprint density at radius 2 is 1.97 bits per heavy atom. The Kier molecular flexibility index (Phi) is 6.21. The van der Waals surface area contributed by atoms with E-state index in [-0.39, 0.29) is 12.3 Å². The molecule has 2 aromatic heterocycles. The van der Waals surface area contributed by atoms with E-state index in [1.165, 1.54) is 11.3 Å². The fourth-order valence-corrected chi connectivity index (χ4v) is 4.37. The van der Waals surface area contributed by atoms with Gasteiger partial charge in [0.1, 0.15) is 5.00 Å². The number of esters is 1. The smallest absolute Gasteiger partial charge is 0.410 e. The molecule has 0 bridgehead atoms. The van der Waals surface area contributed by atoms with Crippen molar-refractivity contribution in [3.63, 3.8) is 0 Å². The van der Waals surface area contributed by atoms with E-state index in [2.05, 4.69) is 10.4 Å². The standard InChI is InChI=1S/C19H24N4O5S/c1-5-27-18(25)15-12-7-8-23(19(26)28-6-2)10-14(12)29-17(15)20-16(24)13-9-11(3)22(4)21-13/h9H,5-8,10H2,1-4H3,(H,20,24). The van der Waals surface area contributed by atoms with E-state index in [0.29, 0.717) is 36.7 Å². The molecular weight excluding hydrogens is 396 g/mol. The quantitative estimate of drug-likeness (QED) is 0.746. The maximum absolute atomic E-state index is 12.7. The van der Waals surface area contributed by atoms with E-state index in [1.807, 2.05) is 6.92 Å². The molecule has 0 radical (unpaired) electrons. The van der Waals surface area contributed by atoms with Crippen molar-refractivity contribution in [2.45, 2.75) is 33.7 Å². The normalized spacial score (nSPS) is 13.0. The highest BCUT2D eigenvalue weighted by Gasteiger charge is 2.31. The average Bonchev–Trinajstić information content (AvgIpc) is 3.21. The lowest BCUT2D eigenvalue weighted by molar-refractivity contribution is 0.0526. The van der Waals surface area contributed by atoms with Crippen molar-refractivity contribution in [3.8, 4) is 0 Å². The van der Waals surface area contributed by atoms with Crippen LogP contribution in [0.4, 0.5) is 9.80 Å². The van der Waals surface area contributed by atoms with Gasteiger partial charge in [-0.25, -0.2) is 9.59 Å². The second kappa shape index (κ2) is 8.64. The molecule has 1 aliphatic heterocycles. The second-order valence-corrected chi connectivity index (χ2v) is 7.65. The highest BCUT2D eigenvalue weighted by Crippen LogP contribution is 2.38. The first-order chi connectivity index (χ1) is 13.8. The van der Waals surface area contributed by atoms with E-state index in [1.54, 1.807) is 36.5 Å². The van der Waals surface area contributed by atoms with Gasteiger partial charge in [0.05, 0.1) is 25.3 Å². The fraction of sp³-hybridized carbons (Fsp3) is 0.474. The first-order valence-electron chi connectivity index (χ1n) is 9.41. The molecule has 0 atom stereocenters. The highest BCUT2D eigenvalue weighted by molar-refractivity contribution is 7.17. The number of carbonyl (C=O) groups is 3. The lowest BCUT2D eigenvalue weighted by atomic mass is 10.0. The summed E-state index contributed by atoms with van der Waals surface area (Å²) in [6.45, 7) is 6.61. The molecule has 3 heterocycles. The maximum atomic E-state index is 12.7. The number of ether oxygens (including phenoxy) is 2. The van der Waals surface area contributed by atoms with Gasteiger partial charge in [0.15, 0.2) is 5.69 Å². The first kappa shape index (κ1) is 20.8. The lowest BCUT2D eigenvalue weighted by Crippen LogP contribution is -2.36. The molecule has 0 fully saturated rings. The molecule has 2 amide bonds. The number of carbonyl (C=O) groups excluding carboxylic acids is 3. The zero-order valence-corrected chi connectivity index (χ0v) is 17.7. The van der Waals surface area contributed by atoms with Crippen LogP contribution in [0.3, 0.4) is 0 Å². The number of aryl methyl sites for hydroxylation is 2. The van der Waals surface area contributed by atoms with Crippen LogP contribution in [0, 0.1) is 6.92 Å². The number of amides is 2. The molecule has 1 aliphatic rings. The van der Waals surface area contributed by atoms with E-state index in [4.69, 9.17) is 9.47 Å². The topological polar surface area (TPSA) is 103 Å². The van der Waals surface area contributed by atoms with Gasteiger partial charge in [-0.2, -0.15) is 5.10 Å². The third kappa shape index (κ3) is 4.26. The molecule has 0 unspecified atom stereocenters. The number of anilines is 1. The molecule has 3 rings (SSSR count). The average molecular weight is 420 g/mol. The molecule has 2 aromatic rings. The van der Waals surface area contributed by atoms with E-state index < -0.39 is 18.0 Å². The van der Waals surface area contributed by atoms with Gasteiger partial charge >= 0.3 is 12.1 Å². The minimum absolute atomic E-state index is 0.227. The number of fused-ring (bicyclic) bond motifs is 1.